The fourth-order valence-corrected chi connectivity index (χ4v) is 4.24. The molecule has 0 saturated carbocycles. The molecular formula is C15H26N2S. The number of hydrogen-bond acceptors (Lipinski definition) is 3. The molecule has 0 fully saturated rings. The van der Waals surface area contributed by atoms with Crippen molar-refractivity contribution in [1.82, 2.24) is 5.43 Å². The van der Waals surface area contributed by atoms with Gasteiger partial charge in [0.25, 0.3) is 0 Å². The lowest BCUT2D eigenvalue weighted by atomic mass is 9.93. The van der Waals surface area contributed by atoms with Crippen LogP contribution >= 0.6 is 11.3 Å². The van der Waals surface area contributed by atoms with Crippen LogP contribution in [0.25, 0.3) is 0 Å². The average Bonchev–Trinajstić information content (AvgIpc) is 2.84. The van der Waals surface area contributed by atoms with Gasteiger partial charge in [0.15, 0.2) is 0 Å². The van der Waals surface area contributed by atoms with E-state index in [2.05, 4.69) is 25.3 Å². The molecule has 0 bridgehead atoms. The third-order valence-electron chi connectivity index (χ3n) is 4.28. The van der Waals surface area contributed by atoms with Gasteiger partial charge >= 0.3 is 0 Å². The Hall–Kier alpha value is -0.380. The topological polar surface area (TPSA) is 38.0 Å². The Kier molecular flexibility index (Phi) is 5.22. The van der Waals surface area contributed by atoms with Crippen LogP contribution in [0.1, 0.15) is 67.3 Å². The molecule has 1 aromatic heterocycles. The summed E-state index contributed by atoms with van der Waals surface area (Å²) in [5.41, 5.74) is 4.63. The quantitative estimate of drug-likeness (QED) is 0.604. The molecule has 1 aliphatic carbocycles. The van der Waals surface area contributed by atoms with Gasteiger partial charge in [-0.3, -0.25) is 11.3 Å². The van der Waals surface area contributed by atoms with Gasteiger partial charge in [0.05, 0.1) is 6.04 Å². The first-order valence-electron chi connectivity index (χ1n) is 7.36. The van der Waals surface area contributed by atoms with E-state index in [0.29, 0.717) is 6.04 Å². The zero-order valence-electron chi connectivity index (χ0n) is 11.7. The Balaban J connectivity index is 2.09. The van der Waals surface area contributed by atoms with Crippen LogP contribution in [0, 0.1) is 5.92 Å². The number of thiophene rings is 1. The molecule has 0 saturated heterocycles. The first kappa shape index (κ1) is 14.0. The smallest absolute Gasteiger partial charge is 0.0556 e. The molecule has 2 nitrogen and oxygen atoms in total. The van der Waals surface area contributed by atoms with Gasteiger partial charge in [-0.25, -0.2) is 0 Å². The van der Waals surface area contributed by atoms with E-state index in [0.717, 1.165) is 5.92 Å². The Morgan fingerprint density at radius 2 is 2.00 bits per heavy atom. The molecule has 102 valence electrons. The summed E-state index contributed by atoms with van der Waals surface area (Å²) in [6, 6.07) is 2.76. The summed E-state index contributed by atoms with van der Waals surface area (Å²) >= 11 is 1.99. The number of hydrogen-bond donors (Lipinski definition) is 2. The van der Waals surface area contributed by atoms with Crippen LogP contribution in [0.15, 0.2) is 6.07 Å². The maximum absolute atomic E-state index is 5.78. The molecule has 0 aliphatic heterocycles. The van der Waals surface area contributed by atoms with Gasteiger partial charge in [0.1, 0.15) is 0 Å². The Morgan fingerprint density at radius 1 is 1.28 bits per heavy atom. The maximum Gasteiger partial charge on any atom is 0.0556 e. The molecule has 0 amide bonds. The van der Waals surface area contributed by atoms with Crippen molar-refractivity contribution in [1.29, 1.82) is 0 Å². The third-order valence-corrected chi connectivity index (χ3v) is 5.63. The van der Waals surface area contributed by atoms with Crippen molar-refractivity contribution in [3.05, 3.63) is 21.4 Å². The molecule has 3 heteroatoms. The van der Waals surface area contributed by atoms with Crippen LogP contribution in [0.2, 0.25) is 0 Å². The van der Waals surface area contributed by atoms with Crippen molar-refractivity contribution in [3.63, 3.8) is 0 Å². The lowest BCUT2D eigenvalue weighted by Gasteiger charge is -2.20. The molecule has 3 N–H and O–H groups in total. The number of fused-ring (bicyclic) bond motifs is 1. The van der Waals surface area contributed by atoms with Crippen LogP contribution in [-0.2, 0) is 12.8 Å². The number of nitrogens with one attached hydrogen (secondary N) is 1. The van der Waals surface area contributed by atoms with E-state index >= 15 is 0 Å². The van der Waals surface area contributed by atoms with Gasteiger partial charge in [-0.2, -0.15) is 0 Å². The Labute approximate surface area is 115 Å². The van der Waals surface area contributed by atoms with Gasteiger partial charge < -0.3 is 0 Å². The molecule has 1 atom stereocenters. The van der Waals surface area contributed by atoms with Crippen molar-refractivity contribution in [2.24, 2.45) is 11.8 Å². The molecule has 0 aromatic carbocycles. The summed E-state index contributed by atoms with van der Waals surface area (Å²) in [7, 11) is 0. The van der Waals surface area contributed by atoms with Crippen LogP contribution < -0.4 is 11.3 Å². The minimum absolute atomic E-state index is 0.352. The summed E-state index contributed by atoms with van der Waals surface area (Å²) in [6.07, 6.45) is 8.94. The standard InChI is InChI=1S/C15H26N2S/c1-3-11(4-2)9-13(17-16)15-10-12-7-5-6-8-14(12)18-15/h10-11,13,17H,3-9,16H2,1-2H3. The van der Waals surface area contributed by atoms with Gasteiger partial charge in [0.2, 0.25) is 0 Å². The van der Waals surface area contributed by atoms with E-state index in [9.17, 15) is 0 Å². The van der Waals surface area contributed by atoms with E-state index in [4.69, 9.17) is 5.84 Å². The van der Waals surface area contributed by atoms with E-state index in [1.807, 2.05) is 11.3 Å². The monoisotopic (exact) mass is 266 g/mol. The molecule has 0 spiro atoms. The van der Waals surface area contributed by atoms with E-state index in [-0.39, 0.29) is 0 Å². The molecular weight excluding hydrogens is 240 g/mol. The SMILES string of the molecule is CCC(CC)CC(NN)c1cc2c(s1)CCCC2. The van der Waals surface area contributed by atoms with Gasteiger partial charge in [0, 0.05) is 9.75 Å². The van der Waals surface area contributed by atoms with Crippen molar-refractivity contribution >= 4 is 11.3 Å². The molecule has 18 heavy (non-hydrogen) atoms. The number of rotatable bonds is 6. The van der Waals surface area contributed by atoms with Crippen LogP contribution in [0.5, 0.6) is 0 Å². The third kappa shape index (κ3) is 3.14. The highest BCUT2D eigenvalue weighted by Gasteiger charge is 2.20. The van der Waals surface area contributed by atoms with Crippen LogP contribution in [-0.4, -0.2) is 0 Å². The number of hydrazine groups is 1. The fourth-order valence-electron chi connectivity index (χ4n) is 2.91. The Morgan fingerprint density at radius 3 is 2.61 bits per heavy atom. The normalized spacial score (nSPS) is 16.9. The summed E-state index contributed by atoms with van der Waals surface area (Å²) < 4.78 is 0. The second-order valence-corrected chi connectivity index (χ2v) is 6.61. The molecule has 2 rings (SSSR count). The van der Waals surface area contributed by atoms with Gasteiger partial charge in [-0.1, -0.05) is 26.7 Å². The minimum atomic E-state index is 0.352. The highest BCUT2D eigenvalue weighted by molar-refractivity contribution is 7.12. The second-order valence-electron chi connectivity index (χ2n) is 5.44. The van der Waals surface area contributed by atoms with Crippen LogP contribution in [0.4, 0.5) is 0 Å². The molecule has 1 unspecified atom stereocenters. The lowest BCUT2D eigenvalue weighted by Crippen LogP contribution is -2.29. The molecule has 1 heterocycles. The average molecular weight is 266 g/mol. The number of aryl methyl sites for hydroxylation is 2. The van der Waals surface area contributed by atoms with Crippen molar-refractivity contribution in [2.75, 3.05) is 0 Å². The van der Waals surface area contributed by atoms with E-state index < -0.39 is 0 Å². The first-order valence-corrected chi connectivity index (χ1v) is 8.17. The van der Waals surface area contributed by atoms with Crippen molar-refractivity contribution in [3.8, 4) is 0 Å². The predicted molar refractivity (Wildman–Crippen MR) is 79.7 cm³/mol. The first-order chi connectivity index (χ1) is 8.78. The second kappa shape index (κ2) is 6.69. The lowest BCUT2D eigenvalue weighted by molar-refractivity contribution is 0.378. The summed E-state index contributed by atoms with van der Waals surface area (Å²) in [5, 5.41) is 0. The molecule has 1 aliphatic rings. The largest absolute Gasteiger partial charge is 0.271 e. The highest BCUT2D eigenvalue weighted by atomic mass is 32.1. The number of nitrogens with two attached hydrogens (primary N) is 1. The summed E-state index contributed by atoms with van der Waals surface area (Å²) in [4.78, 5) is 3.07. The van der Waals surface area contributed by atoms with E-state index in [1.54, 1.807) is 10.4 Å². The van der Waals surface area contributed by atoms with Crippen molar-refractivity contribution < 1.29 is 0 Å². The van der Waals surface area contributed by atoms with Crippen molar-refractivity contribution in [2.45, 2.75) is 64.8 Å². The minimum Gasteiger partial charge on any atom is -0.271 e. The molecule has 0 radical (unpaired) electrons. The van der Waals surface area contributed by atoms with Crippen LogP contribution in [0.3, 0.4) is 0 Å². The highest BCUT2D eigenvalue weighted by Crippen LogP contribution is 2.35. The Bertz CT molecular complexity index is 345. The maximum atomic E-state index is 5.78. The van der Waals surface area contributed by atoms with E-state index in [1.165, 1.54) is 49.8 Å². The fraction of sp³-hybridized carbons (Fsp3) is 0.733. The van der Waals surface area contributed by atoms with Gasteiger partial charge in [-0.05, 0) is 49.7 Å². The predicted octanol–water partition coefficient (Wildman–Crippen LogP) is 3.96. The van der Waals surface area contributed by atoms with Gasteiger partial charge in [-0.15, -0.1) is 11.3 Å². The summed E-state index contributed by atoms with van der Waals surface area (Å²) in [6.45, 7) is 4.56. The zero-order chi connectivity index (χ0) is 13.0. The summed E-state index contributed by atoms with van der Waals surface area (Å²) in [5.74, 6) is 6.56. The molecule has 1 aromatic rings. The zero-order valence-corrected chi connectivity index (χ0v) is 12.5.